The van der Waals surface area contributed by atoms with Crippen LogP contribution in [0.2, 0.25) is 0 Å². The Labute approximate surface area is 272 Å². The largest absolute Gasteiger partial charge is 0.370 e. The molecule has 2 aliphatic carbocycles. The molecule has 0 aromatic heterocycles. The van der Waals surface area contributed by atoms with Gasteiger partial charge in [0, 0.05) is 41.2 Å². The molecule has 12 heteroatoms. The Balaban J connectivity index is 1.58. The normalized spacial score (nSPS) is 18.4. The zero-order valence-corrected chi connectivity index (χ0v) is 29.4. The average Bonchev–Trinajstić information content (AvgIpc) is 3.17. The van der Waals surface area contributed by atoms with Crippen molar-refractivity contribution in [2.75, 3.05) is 39.6 Å². The molecule has 43 heavy (non-hydrogen) atoms. The van der Waals surface area contributed by atoms with Crippen molar-refractivity contribution in [3.63, 3.8) is 0 Å². The quantitative estimate of drug-likeness (QED) is 0.171. The number of nitrogens with zero attached hydrogens (tertiary/aromatic N) is 1. The number of benzene rings is 3. The monoisotopic (exact) mass is 754 g/mol. The van der Waals surface area contributed by atoms with E-state index >= 15 is 0 Å². The molecule has 232 valence electrons. The van der Waals surface area contributed by atoms with Crippen LogP contribution in [0.25, 0.3) is 22.3 Å². The third-order valence-electron chi connectivity index (χ3n) is 8.37. The van der Waals surface area contributed by atoms with Crippen LogP contribution in [0.15, 0.2) is 57.5 Å². The molecule has 0 aliphatic heterocycles. The van der Waals surface area contributed by atoms with Crippen LogP contribution in [0.5, 0.6) is 0 Å². The minimum atomic E-state index is -3.36. The van der Waals surface area contributed by atoms with Gasteiger partial charge in [-0.05, 0) is 101 Å². The van der Waals surface area contributed by atoms with Crippen molar-refractivity contribution in [1.82, 2.24) is 9.03 Å². The third-order valence-corrected chi connectivity index (χ3v) is 11.6. The van der Waals surface area contributed by atoms with E-state index in [1.54, 1.807) is 7.05 Å². The maximum Gasteiger partial charge on any atom is 0.211 e. The Morgan fingerprint density at radius 3 is 2.07 bits per heavy atom. The van der Waals surface area contributed by atoms with Crippen LogP contribution in [0, 0.1) is 0 Å². The summed E-state index contributed by atoms with van der Waals surface area (Å²) in [7, 11) is -3.06. The molecule has 2 unspecified atom stereocenters. The molecule has 0 saturated heterocycles. The Morgan fingerprint density at radius 2 is 1.42 bits per heavy atom. The topological polar surface area (TPSA) is 102 Å². The fourth-order valence-electron chi connectivity index (χ4n) is 6.08. The maximum atomic E-state index is 12.0. The summed E-state index contributed by atoms with van der Waals surface area (Å²) in [6.45, 7) is 5.38. The van der Waals surface area contributed by atoms with Gasteiger partial charge in [0.05, 0.1) is 5.75 Å². The summed E-state index contributed by atoms with van der Waals surface area (Å²) in [6, 6.07) is 17.1. The van der Waals surface area contributed by atoms with E-state index in [-0.39, 0.29) is 17.8 Å². The molecule has 3 aromatic rings. The number of nitrogens with one attached hydrogen (secondary N) is 1. The Bertz CT molecular complexity index is 1720. The van der Waals surface area contributed by atoms with Gasteiger partial charge in [0.15, 0.2) is 0 Å². The predicted molar refractivity (Wildman–Crippen MR) is 177 cm³/mol. The zero-order valence-electron chi connectivity index (χ0n) is 24.5. The number of hydrogen-bond donors (Lipinski definition) is 2. The molecule has 0 amide bonds. The van der Waals surface area contributed by atoms with Crippen LogP contribution >= 0.6 is 31.9 Å². The maximum absolute atomic E-state index is 12.0. The van der Waals surface area contributed by atoms with Crippen molar-refractivity contribution in [1.29, 1.82) is 0 Å². The lowest BCUT2D eigenvalue weighted by Crippen LogP contribution is -2.27. The zero-order chi connectivity index (χ0) is 31.1. The predicted octanol–water partition coefficient (Wildman–Crippen LogP) is 6.10. The number of halogens is 2. The molecule has 0 fully saturated rings. The van der Waals surface area contributed by atoms with Gasteiger partial charge < -0.3 is 9.47 Å². The van der Waals surface area contributed by atoms with Crippen LogP contribution in [0.4, 0.5) is 0 Å². The molecule has 0 spiro atoms. The minimum Gasteiger partial charge on any atom is -0.370 e. The van der Waals surface area contributed by atoms with E-state index in [2.05, 4.69) is 86.8 Å². The molecule has 0 heterocycles. The lowest BCUT2D eigenvalue weighted by Gasteiger charge is -2.36. The highest BCUT2D eigenvalue weighted by atomic mass is 79.9. The number of sulfonamides is 1. The number of fused-ring (bicyclic) bond motifs is 6. The number of rotatable bonds is 12. The van der Waals surface area contributed by atoms with E-state index in [0.717, 1.165) is 36.8 Å². The molecule has 1 N–H and O–H groups in total. The molecule has 0 radical (unpaired) electrons. The highest BCUT2D eigenvalue weighted by Crippen LogP contribution is 2.55. The van der Waals surface area contributed by atoms with Crippen molar-refractivity contribution in [3.05, 3.63) is 79.7 Å². The Morgan fingerprint density at radius 1 is 0.837 bits per heavy atom. The molecule has 0 bridgehead atoms. The van der Waals surface area contributed by atoms with Crippen LogP contribution in [0.3, 0.4) is 0 Å². The first-order valence-electron chi connectivity index (χ1n) is 14.1. The van der Waals surface area contributed by atoms with E-state index in [1.807, 2.05) is 12.1 Å². The van der Waals surface area contributed by atoms with E-state index < -0.39 is 33.1 Å². The molecular weight excluding hydrogens is 720 g/mol. The van der Waals surface area contributed by atoms with Gasteiger partial charge in [-0.2, -0.15) is 0 Å². The lowest BCUT2D eigenvalue weighted by molar-refractivity contribution is -0.0798. The van der Waals surface area contributed by atoms with Crippen molar-refractivity contribution in [2.24, 2.45) is 0 Å². The van der Waals surface area contributed by atoms with Gasteiger partial charge in [-0.3, -0.25) is 0 Å². The lowest BCUT2D eigenvalue weighted by atomic mass is 9.76. The second kappa shape index (κ2) is 13.0. The first-order valence-corrected chi connectivity index (χ1v) is 18.5. The number of hydrogen-bond acceptors (Lipinski definition) is 6. The molecule has 5 rings (SSSR count). The fraction of sp³-hybridized carbons (Fsp3) is 0.419. The van der Waals surface area contributed by atoms with Gasteiger partial charge in [0.1, 0.15) is 12.2 Å². The van der Waals surface area contributed by atoms with Gasteiger partial charge in [-0.1, -0.05) is 57.8 Å². The van der Waals surface area contributed by atoms with Crippen molar-refractivity contribution in [3.8, 4) is 22.3 Å². The molecule has 8 nitrogen and oxygen atoms in total. The highest BCUT2D eigenvalue weighted by Gasteiger charge is 2.41. The van der Waals surface area contributed by atoms with Crippen LogP contribution in [-0.4, -0.2) is 60.7 Å². The summed E-state index contributed by atoms with van der Waals surface area (Å²) in [5, 5.41) is 0. The molecule has 2 atom stereocenters. The minimum absolute atomic E-state index is 0.0433. The molecule has 0 saturated carbocycles. The van der Waals surface area contributed by atoms with Gasteiger partial charge in [0.2, 0.25) is 20.9 Å². The summed E-state index contributed by atoms with van der Waals surface area (Å²) in [5.74, 6) is -0.0433. The van der Waals surface area contributed by atoms with E-state index in [1.165, 1.54) is 28.0 Å². The fourth-order valence-corrected chi connectivity index (χ4v) is 7.83. The Kier molecular flexibility index (Phi) is 9.90. The van der Waals surface area contributed by atoms with Crippen LogP contribution in [0.1, 0.15) is 61.2 Å². The highest BCUT2D eigenvalue weighted by molar-refractivity contribution is 9.10. The van der Waals surface area contributed by atoms with E-state index in [4.69, 9.17) is 9.47 Å². The second-order valence-corrected chi connectivity index (χ2v) is 16.5. The van der Waals surface area contributed by atoms with Crippen molar-refractivity contribution in [2.45, 2.75) is 44.3 Å². The number of ether oxygens (including phenoxy) is 2. The summed E-state index contributed by atoms with van der Waals surface area (Å²) in [5.41, 5.74) is 8.69. The molecular formula is C31H36Br2N2O6S2. The number of thiol groups is 1. The van der Waals surface area contributed by atoms with Gasteiger partial charge in [-0.25, -0.2) is 25.9 Å². The summed E-state index contributed by atoms with van der Waals surface area (Å²) in [6.07, 6.45) is -0.149. The van der Waals surface area contributed by atoms with E-state index in [9.17, 15) is 16.8 Å². The summed E-state index contributed by atoms with van der Waals surface area (Å²) in [4.78, 5) is 0. The third kappa shape index (κ3) is 6.67. The SMILES string of the molecule is CNS(=O)(=O)CCCOC1c2cc(Br)ccc2-c2cc3c(cc2C1OCCCN(C)[SH](=O)=O)-c1ccc(Br)cc1C3(C)C. The van der Waals surface area contributed by atoms with Crippen molar-refractivity contribution >= 4 is 52.8 Å². The van der Waals surface area contributed by atoms with Gasteiger partial charge >= 0.3 is 0 Å². The smallest absolute Gasteiger partial charge is 0.211 e. The van der Waals surface area contributed by atoms with Crippen LogP contribution < -0.4 is 4.72 Å². The Hall–Kier alpha value is -1.64. The van der Waals surface area contributed by atoms with Gasteiger partial charge in [-0.15, -0.1) is 0 Å². The van der Waals surface area contributed by atoms with Crippen molar-refractivity contribution < 1.29 is 26.3 Å². The summed E-state index contributed by atoms with van der Waals surface area (Å²) < 4.78 is 65.4. The first-order chi connectivity index (χ1) is 20.3. The molecule has 2 aliphatic rings. The average molecular weight is 757 g/mol. The van der Waals surface area contributed by atoms with E-state index in [0.29, 0.717) is 26.0 Å². The van der Waals surface area contributed by atoms with Crippen LogP contribution in [-0.2, 0) is 35.8 Å². The standard InChI is InChI=1S/C31H36Br2N2O6S2/c1-31(2)27-16-20(33)8-10-22(27)24-17-26-23(18-28(24)31)21-9-7-19(32)15-25(21)29(41-13-6-14-43(38,39)34-3)30(26)40-12-5-11-35(4)42(36)37/h7-10,15-18,29-30,34,42H,5-6,11-14H2,1-4H3. The molecule has 3 aromatic carbocycles. The van der Waals surface area contributed by atoms with Gasteiger partial charge in [0.25, 0.3) is 0 Å². The second-order valence-electron chi connectivity index (χ2n) is 11.5. The summed E-state index contributed by atoms with van der Waals surface area (Å²) >= 11 is 7.28. The first kappa shape index (κ1) is 32.7.